The Morgan fingerprint density at radius 2 is 2.12 bits per heavy atom. The van der Waals surface area contributed by atoms with Crippen molar-refractivity contribution in [1.82, 2.24) is 15.1 Å². The Morgan fingerprint density at radius 3 is 2.83 bits per heavy atom. The molecule has 1 aromatic carbocycles. The first-order valence-corrected chi connectivity index (χ1v) is 7.39. The van der Waals surface area contributed by atoms with Gasteiger partial charge in [-0.05, 0) is 18.2 Å². The molecule has 3 N–H and O–H groups in total. The number of likely N-dealkylation sites (N-methyl/N-ethyl adjacent to an activating group) is 1. The van der Waals surface area contributed by atoms with Crippen LogP contribution >= 0.6 is 0 Å². The molecule has 0 unspecified atom stereocenters. The van der Waals surface area contributed by atoms with Crippen LogP contribution in [0.4, 0.5) is 0 Å². The Morgan fingerprint density at radius 1 is 1.38 bits per heavy atom. The quantitative estimate of drug-likeness (QED) is 0.645. The zero-order valence-electron chi connectivity index (χ0n) is 13.6. The molecule has 0 aliphatic heterocycles. The predicted molar refractivity (Wildman–Crippen MR) is 86.0 cm³/mol. The molecule has 8 heteroatoms. The molecular weight excluding hydrogens is 314 g/mol. The molecule has 8 nitrogen and oxygen atoms in total. The summed E-state index contributed by atoms with van der Waals surface area (Å²) in [7, 11) is 3.11. The van der Waals surface area contributed by atoms with Crippen molar-refractivity contribution in [1.29, 1.82) is 0 Å². The summed E-state index contributed by atoms with van der Waals surface area (Å²) < 4.78 is 10.7. The number of benzene rings is 1. The van der Waals surface area contributed by atoms with Crippen LogP contribution in [-0.4, -0.2) is 64.6 Å². The monoisotopic (exact) mass is 335 g/mol. The van der Waals surface area contributed by atoms with E-state index in [4.69, 9.17) is 14.6 Å². The fraction of sp³-hybridized carbons (Fsp3) is 0.375. The minimum Gasteiger partial charge on any atom is -0.497 e. The topological polar surface area (TPSA) is 108 Å². The van der Waals surface area contributed by atoms with E-state index in [9.17, 15) is 9.90 Å². The molecule has 1 atom stereocenters. The fourth-order valence-electron chi connectivity index (χ4n) is 2.05. The Bertz CT molecular complexity index is 673. The molecule has 0 saturated carbocycles. The number of amides is 1. The van der Waals surface area contributed by atoms with E-state index < -0.39 is 12.7 Å². The number of hydrogen-bond donors (Lipinski definition) is 3. The number of nitrogens with zero attached hydrogens (tertiary/aromatic N) is 2. The van der Waals surface area contributed by atoms with Gasteiger partial charge in [-0.1, -0.05) is 6.07 Å². The SMILES string of the molecule is COc1cccc(OCc2cc(C(=O)N(C)C[C@@H](O)CO)n[nH]2)c1. The summed E-state index contributed by atoms with van der Waals surface area (Å²) in [6, 6.07) is 8.78. The van der Waals surface area contributed by atoms with Gasteiger partial charge in [0, 0.05) is 19.7 Å². The second kappa shape index (κ2) is 8.32. The highest BCUT2D eigenvalue weighted by atomic mass is 16.5. The minimum absolute atomic E-state index is 0.0256. The van der Waals surface area contributed by atoms with Crippen molar-refractivity contribution in [3.8, 4) is 11.5 Å². The van der Waals surface area contributed by atoms with Gasteiger partial charge >= 0.3 is 0 Å². The molecular formula is C16H21N3O5. The summed E-state index contributed by atoms with van der Waals surface area (Å²) in [5.41, 5.74) is 0.851. The van der Waals surface area contributed by atoms with Gasteiger partial charge in [0.1, 0.15) is 18.1 Å². The molecule has 130 valence electrons. The third-order valence-corrected chi connectivity index (χ3v) is 3.33. The summed E-state index contributed by atoms with van der Waals surface area (Å²) in [5.74, 6) is 0.975. The van der Waals surface area contributed by atoms with Crippen molar-refractivity contribution >= 4 is 5.91 Å². The van der Waals surface area contributed by atoms with Crippen LogP contribution in [0, 0.1) is 0 Å². The van der Waals surface area contributed by atoms with E-state index in [1.165, 1.54) is 11.9 Å². The number of carbonyl (C=O) groups is 1. The van der Waals surface area contributed by atoms with E-state index in [0.717, 1.165) is 0 Å². The van der Waals surface area contributed by atoms with E-state index in [-0.39, 0.29) is 24.8 Å². The summed E-state index contributed by atoms with van der Waals surface area (Å²) in [5, 5.41) is 24.9. The highest BCUT2D eigenvalue weighted by Crippen LogP contribution is 2.19. The normalized spacial score (nSPS) is 11.8. The molecule has 0 saturated heterocycles. The third-order valence-electron chi connectivity index (χ3n) is 3.33. The van der Waals surface area contributed by atoms with Crippen LogP contribution in [-0.2, 0) is 6.61 Å². The predicted octanol–water partition coefficient (Wildman–Crippen LogP) is 0.422. The van der Waals surface area contributed by atoms with Crippen molar-refractivity contribution in [3.05, 3.63) is 41.7 Å². The second-order valence-corrected chi connectivity index (χ2v) is 5.27. The Hall–Kier alpha value is -2.58. The number of aliphatic hydroxyl groups excluding tert-OH is 2. The molecule has 0 spiro atoms. The van der Waals surface area contributed by atoms with Crippen molar-refractivity contribution in [2.45, 2.75) is 12.7 Å². The van der Waals surface area contributed by atoms with Crippen LogP contribution in [0.3, 0.4) is 0 Å². The Kier molecular flexibility index (Phi) is 6.16. The first-order valence-electron chi connectivity index (χ1n) is 7.39. The minimum atomic E-state index is -0.978. The van der Waals surface area contributed by atoms with Gasteiger partial charge in [-0.2, -0.15) is 5.10 Å². The van der Waals surface area contributed by atoms with E-state index in [2.05, 4.69) is 10.2 Å². The smallest absolute Gasteiger partial charge is 0.274 e. The van der Waals surface area contributed by atoms with E-state index >= 15 is 0 Å². The van der Waals surface area contributed by atoms with Crippen molar-refractivity contribution in [3.63, 3.8) is 0 Å². The molecule has 0 radical (unpaired) electrons. The second-order valence-electron chi connectivity index (χ2n) is 5.27. The molecule has 1 heterocycles. The number of ether oxygens (including phenoxy) is 2. The number of aromatic nitrogens is 2. The van der Waals surface area contributed by atoms with Crippen LogP contribution in [0.2, 0.25) is 0 Å². The standard InChI is InChI=1S/C16H21N3O5/c1-19(8-12(21)9-20)16(22)15-6-11(17-18-15)10-24-14-5-3-4-13(7-14)23-2/h3-7,12,20-21H,8-10H2,1-2H3,(H,17,18)/t12-/m1/s1. The van der Waals surface area contributed by atoms with Gasteiger partial charge in [-0.3, -0.25) is 9.89 Å². The lowest BCUT2D eigenvalue weighted by atomic mass is 10.3. The van der Waals surface area contributed by atoms with Crippen LogP contribution in [0.25, 0.3) is 0 Å². The highest BCUT2D eigenvalue weighted by molar-refractivity contribution is 5.92. The maximum Gasteiger partial charge on any atom is 0.274 e. The van der Waals surface area contributed by atoms with Gasteiger partial charge in [0.25, 0.3) is 5.91 Å². The molecule has 2 rings (SSSR count). The van der Waals surface area contributed by atoms with Crippen molar-refractivity contribution < 1.29 is 24.5 Å². The van der Waals surface area contributed by atoms with Gasteiger partial charge < -0.3 is 24.6 Å². The number of methoxy groups -OCH3 is 1. The maximum atomic E-state index is 12.2. The molecule has 0 bridgehead atoms. The summed E-state index contributed by atoms with van der Waals surface area (Å²) in [6.07, 6.45) is -0.978. The average molecular weight is 335 g/mol. The van der Waals surface area contributed by atoms with Gasteiger partial charge in [0.15, 0.2) is 5.69 Å². The first kappa shape index (κ1) is 17.8. The van der Waals surface area contributed by atoms with E-state index in [1.54, 1.807) is 25.3 Å². The Balaban J connectivity index is 1.93. The Labute approximate surface area is 139 Å². The zero-order valence-corrected chi connectivity index (χ0v) is 13.6. The van der Waals surface area contributed by atoms with Crippen molar-refractivity contribution in [2.24, 2.45) is 0 Å². The number of carbonyl (C=O) groups excluding carboxylic acids is 1. The highest BCUT2D eigenvalue weighted by Gasteiger charge is 2.18. The average Bonchev–Trinajstić information content (AvgIpc) is 3.08. The zero-order chi connectivity index (χ0) is 17.5. The maximum absolute atomic E-state index is 12.2. The molecule has 1 aromatic heterocycles. The number of H-pyrrole nitrogens is 1. The lowest BCUT2D eigenvalue weighted by molar-refractivity contribution is 0.0516. The number of aromatic amines is 1. The van der Waals surface area contributed by atoms with Crippen LogP contribution in [0.5, 0.6) is 11.5 Å². The third kappa shape index (κ3) is 4.71. The lowest BCUT2D eigenvalue weighted by Crippen LogP contribution is -2.36. The van der Waals surface area contributed by atoms with E-state index in [1.807, 2.05) is 12.1 Å². The lowest BCUT2D eigenvalue weighted by Gasteiger charge is -2.18. The summed E-state index contributed by atoms with van der Waals surface area (Å²) >= 11 is 0. The van der Waals surface area contributed by atoms with Gasteiger partial charge in [-0.15, -0.1) is 0 Å². The molecule has 1 amide bonds. The number of rotatable bonds is 8. The summed E-state index contributed by atoms with van der Waals surface area (Å²) in [6.45, 7) is -0.161. The number of nitrogens with one attached hydrogen (secondary N) is 1. The van der Waals surface area contributed by atoms with Crippen LogP contribution in [0.1, 0.15) is 16.2 Å². The van der Waals surface area contributed by atoms with Gasteiger partial charge in [-0.25, -0.2) is 0 Å². The molecule has 2 aromatic rings. The largest absolute Gasteiger partial charge is 0.497 e. The van der Waals surface area contributed by atoms with Gasteiger partial charge in [0.2, 0.25) is 0 Å². The van der Waals surface area contributed by atoms with Crippen LogP contribution in [0.15, 0.2) is 30.3 Å². The summed E-state index contributed by atoms with van der Waals surface area (Å²) in [4.78, 5) is 13.5. The molecule has 0 fully saturated rings. The first-order chi connectivity index (χ1) is 11.5. The molecule has 24 heavy (non-hydrogen) atoms. The molecule has 0 aliphatic rings. The number of hydrogen-bond acceptors (Lipinski definition) is 6. The van der Waals surface area contributed by atoms with Crippen molar-refractivity contribution in [2.75, 3.05) is 27.3 Å². The van der Waals surface area contributed by atoms with Gasteiger partial charge in [0.05, 0.1) is 25.5 Å². The molecule has 0 aliphatic carbocycles. The fourth-order valence-corrected chi connectivity index (χ4v) is 2.05. The van der Waals surface area contributed by atoms with Crippen LogP contribution < -0.4 is 9.47 Å². The van der Waals surface area contributed by atoms with E-state index in [0.29, 0.717) is 17.2 Å². The number of aliphatic hydroxyl groups is 2.